The van der Waals surface area contributed by atoms with Crippen molar-refractivity contribution in [3.63, 3.8) is 0 Å². The van der Waals surface area contributed by atoms with Crippen molar-refractivity contribution < 1.29 is 19.0 Å². The third-order valence-corrected chi connectivity index (χ3v) is 8.09. The molecule has 4 aliphatic heterocycles. The highest BCUT2D eigenvalue weighted by Gasteiger charge is 2.43. The van der Waals surface area contributed by atoms with E-state index >= 15 is 0 Å². The molecule has 6 heterocycles. The van der Waals surface area contributed by atoms with Crippen LogP contribution in [0.1, 0.15) is 62.8 Å². The number of rotatable bonds is 6. The number of aryl methyl sites for hydroxylation is 1. The van der Waals surface area contributed by atoms with Crippen LogP contribution < -0.4 is 10.2 Å². The number of nitrogens with zero attached hydrogens (tertiary/aromatic N) is 5. The van der Waals surface area contributed by atoms with Gasteiger partial charge in [0, 0.05) is 62.3 Å². The first-order chi connectivity index (χ1) is 18.5. The number of H-pyrrole nitrogens is 1. The molecule has 3 fully saturated rings. The van der Waals surface area contributed by atoms with Crippen LogP contribution in [0.25, 0.3) is 5.76 Å². The van der Waals surface area contributed by atoms with Gasteiger partial charge in [-0.15, -0.1) is 0 Å². The minimum absolute atomic E-state index is 0.0372. The third-order valence-electron chi connectivity index (χ3n) is 8.09. The highest BCUT2D eigenvalue weighted by molar-refractivity contribution is 5.69. The van der Waals surface area contributed by atoms with Crippen LogP contribution in [0.2, 0.25) is 0 Å². The number of carbonyl (C=O) groups is 1. The van der Waals surface area contributed by atoms with E-state index in [-0.39, 0.29) is 30.3 Å². The quantitative estimate of drug-likeness (QED) is 0.576. The Balaban J connectivity index is 1.20. The standard InChI is InChI=1S/C27H37N7O4/c1-17-13-25(32-31-17)29-24-16-22(23-7-4-10-37-23)28-26(30-24)33(2)20-14-18-5-3-6-19(15-20)34(18)27(35)38-21-8-11-36-12-9-21/h7,13,16,18-21H,3-6,8-12,14-15H2,1-2H3,(H2,28,29,30,31,32)/t18-,19+,20?. The number of ether oxygens (including phenoxy) is 3. The lowest BCUT2D eigenvalue weighted by Gasteiger charge is -2.50. The van der Waals surface area contributed by atoms with Crippen molar-refractivity contribution in [1.82, 2.24) is 25.1 Å². The average Bonchev–Trinajstić information content (AvgIpc) is 3.60. The zero-order valence-electron chi connectivity index (χ0n) is 22.2. The molecule has 11 heteroatoms. The Bertz CT molecular complexity index is 1160. The second-order valence-electron chi connectivity index (χ2n) is 10.8. The van der Waals surface area contributed by atoms with Crippen LogP contribution in [0, 0.1) is 6.92 Å². The van der Waals surface area contributed by atoms with Crippen molar-refractivity contribution in [2.24, 2.45) is 0 Å². The Labute approximate surface area is 222 Å². The van der Waals surface area contributed by atoms with E-state index in [4.69, 9.17) is 24.2 Å². The van der Waals surface area contributed by atoms with Gasteiger partial charge in [0.25, 0.3) is 0 Å². The summed E-state index contributed by atoms with van der Waals surface area (Å²) in [6.07, 6.45) is 9.17. The average molecular weight is 524 g/mol. The van der Waals surface area contributed by atoms with Gasteiger partial charge in [0.15, 0.2) is 5.82 Å². The van der Waals surface area contributed by atoms with Crippen LogP contribution in [0.4, 0.5) is 22.4 Å². The van der Waals surface area contributed by atoms with Gasteiger partial charge in [-0.25, -0.2) is 9.78 Å². The fourth-order valence-corrected chi connectivity index (χ4v) is 6.12. The molecule has 6 rings (SSSR count). The van der Waals surface area contributed by atoms with Gasteiger partial charge in [-0.2, -0.15) is 10.1 Å². The minimum Gasteiger partial charge on any atom is -0.491 e. The number of fused-ring (bicyclic) bond motifs is 2. The Kier molecular flexibility index (Phi) is 7.10. The lowest BCUT2D eigenvalue weighted by molar-refractivity contribution is -0.0344. The highest BCUT2D eigenvalue weighted by atomic mass is 16.6. The SMILES string of the molecule is Cc1cc(Nc2cc(C3=CCCO3)nc(N(C)C3C[C@H]4CCC[C@@H](C3)N4C(=O)OC3CCOCC3)n2)n[nH]1. The van der Waals surface area contributed by atoms with Gasteiger partial charge in [0.1, 0.15) is 23.4 Å². The molecular formula is C27H37N7O4. The Hall–Kier alpha value is -3.34. The second-order valence-corrected chi connectivity index (χ2v) is 10.8. The number of hydrogen-bond acceptors (Lipinski definition) is 9. The number of carbonyl (C=O) groups excluding carboxylic acids is 1. The van der Waals surface area contributed by atoms with Gasteiger partial charge in [0.05, 0.1) is 19.8 Å². The lowest BCUT2D eigenvalue weighted by Crippen LogP contribution is -2.59. The molecule has 0 saturated carbocycles. The molecule has 3 saturated heterocycles. The monoisotopic (exact) mass is 523 g/mol. The summed E-state index contributed by atoms with van der Waals surface area (Å²) in [5.74, 6) is 2.78. The smallest absolute Gasteiger partial charge is 0.410 e. The molecule has 4 aliphatic rings. The second kappa shape index (κ2) is 10.8. The number of aromatic amines is 1. The minimum atomic E-state index is -0.156. The summed E-state index contributed by atoms with van der Waals surface area (Å²) in [6.45, 7) is 3.95. The number of aromatic nitrogens is 4. The highest BCUT2D eigenvalue weighted by Crippen LogP contribution is 2.38. The first kappa shape index (κ1) is 25.0. The Morgan fingerprint density at radius 3 is 2.58 bits per heavy atom. The molecular weight excluding hydrogens is 486 g/mol. The van der Waals surface area contributed by atoms with Gasteiger partial charge in [-0.1, -0.05) is 0 Å². The van der Waals surface area contributed by atoms with E-state index in [0.717, 1.165) is 68.5 Å². The predicted molar refractivity (Wildman–Crippen MR) is 142 cm³/mol. The molecule has 2 bridgehead atoms. The molecule has 1 amide bonds. The largest absolute Gasteiger partial charge is 0.491 e. The number of anilines is 3. The van der Waals surface area contributed by atoms with Crippen molar-refractivity contribution in [3.05, 3.63) is 29.6 Å². The number of hydrogen-bond donors (Lipinski definition) is 2. The van der Waals surface area contributed by atoms with E-state index in [0.29, 0.717) is 37.4 Å². The molecule has 2 aromatic heterocycles. The van der Waals surface area contributed by atoms with E-state index in [2.05, 4.69) is 33.5 Å². The van der Waals surface area contributed by atoms with Crippen LogP contribution in [0.15, 0.2) is 18.2 Å². The molecule has 2 N–H and O–H groups in total. The van der Waals surface area contributed by atoms with Crippen LogP contribution in [0.3, 0.4) is 0 Å². The fourth-order valence-electron chi connectivity index (χ4n) is 6.12. The van der Waals surface area contributed by atoms with E-state index in [9.17, 15) is 4.79 Å². The molecule has 0 radical (unpaired) electrons. The van der Waals surface area contributed by atoms with E-state index in [1.807, 2.05) is 24.0 Å². The zero-order valence-corrected chi connectivity index (χ0v) is 22.2. The number of amides is 1. The summed E-state index contributed by atoms with van der Waals surface area (Å²) in [4.78, 5) is 27.2. The van der Waals surface area contributed by atoms with E-state index in [1.54, 1.807) is 0 Å². The maximum Gasteiger partial charge on any atom is 0.410 e. The van der Waals surface area contributed by atoms with Crippen molar-refractivity contribution in [2.45, 2.75) is 82.5 Å². The summed E-state index contributed by atoms with van der Waals surface area (Å²) in [7, 11) is 2.06. The zero-order chi connectivity index (χ0) is 26.1. The first-order valence-corrected chi connectivity index (χ1v) is 13.8. The Morgan fingerprint density at radius 1 is 1.11 bits per heavy atom. The summed E-state index contributed by atoms with van der Waals surface area (Å²) in [5.41, 5.74) is 1.72. The molecule has 0 spiro atoms. The third kappa shape index (κ3) is 5.29. The fraction of sp³-hybridized carbons (Fsp3) is 0.630. The molecule has 1 unspecified atom stereocenters. The van der Waals surface area contributed by atoms with E-state index in [1.165, 1.54) is 0 Å². The lowest BCUT2D eigenvalue weighted by atomic mass is 9.81. The molecule has 3 atom stereocenters. The molecule has 204 valence electrons. The van der Waals surface area contributed by atoms with Gasteiger partial charge < -0.3 is 29.3 Å². The maximum atomic E-state index is 13.2. The molecule has 2 aromatic rings. The molecule has 0 aromatic carbocycles. The van der Waals surface area contributed by atoms with Gasteiger partial charge in [-0.05, 0) is 45.1 Å². The topological polar surface area (TPSA) is 118 Å². The number of piperidine rings is 2. The van der Waals surface area contributed by atoms with Crippen molar-refractivity contribution in [2.75, 3.05) is 37.1 Å². The molecule has 38 heavy (non-hydrogen) atoms. The van der Waals surface area contributed by atoms with Crippen LogP contribution in [-0.4, -0.2) is 82.3 Å². The van der Waals surface area contributed by atoms with Crippen LogP contribution in [0.5, 0.6) is 0 Å². The molecule has 0 aliphatic carbocycles. The summed E-state index contributed by atoms with van der Waals surface area (Å²) in [6, 6.07) is 4.38. The van der Waals surface area contributed by atoms with Crippen LogP contribution >= 0.6 is 0 Å². The normalized spacial score (nSPS) is 25.5. The predicted octanol–water partition coefficient (Wildman–Crippen LogP) is 4.15. The maximum absolute atomic E-state index is 13.2. The van der Waals surface area contributed by atoms with Gasteiger partial charge >= 0.3 is 6.09 Å². The number of nitrogens with one attached hydrogen (secondary N) is 2. The molecule has 11 nitrogen and oxygen atoms in total. The Morgan fingerprint density at radius 2 is 1.89 bits per heavy atom. The summed E-state index contributed by atoms with van der Waals surface area (Å²) >= 11 is 0. The summed E-state index contributed by atoms with van der Waals surface area (Å²) in [5, 5.41) is 10.6. The van der Waals surface area contributed by atoms with Crippen LogP contribution in [-0.2, 0) is 14.2 Å². The van der Waals surface area contributed by atoms with Crippen molar-refractivity contribution in [3.8, 4) is 0 Å². The van der Waals surface area contributed by atoms with Crippen molar-refractivity contribution in [1.29, 1.82) is 0 Å². The summed E-state index contributed by atoms with van der Waals surface area (Å²) < 4.78 is 17.2. The van der Waals surface area contributed by atoms with Crippen molar-refractivity contribution >= 4 is 29.4 Å². The first-order valence-electron chi connectivity index (χ1n) is 13.8. The van der Waals surface area contributed by atoms with Gasteiger partial charge in [0.2, 0.25) is 5.95 Å². The van der Waals surface area contributed by atoms with E-state index < -0.39 is 0 Å². The van der Waals surface area contributed by atoms with Gasteiger partial charge in [-0.3, -0.25) is 5.10 Å².